The number of ether oxygens (including phenoxy) is 1. The minimum atomic E-state index is -3.39. The van der Waals surface area contributed by atoms with Crippen molar-refractivity contribution in [3.63, 3.8) is 0 Å². The van der Waals surface area contributed by atoms with Crippen LogP contribution in [0.4, 0.5) is 0 Å². The van der Waals surface area contributed by atoms with E-state index >= 15 is 0 Å². The van der Waals surface area contributed by atoms with Gasteiger partial charge in [0.15, 0.2) is 0 Å². The Bertz CT molecular complexity index is 544. The maximum atomic E-state index is 12.5. The lowest BCUT2D eigenvalue weighted by Crippen LogP contribution is -2.33. The molecule has 0 aromatic heterocycles. The molecule has 0 amide bonds. The van der Waals surface area contributed by atoms with Gasteiger partial charge in [-0.3, -0.25) is 0 Å². The zero-order valence-corrected chi connectivity index (χ0v) is 12.8. The first-order valence-corrected chi connectivity index (χ1v) is 8.05. The van der Waals surface area contributed by atoms with Crippen molar-refractivity contribution in [1.29, 1.82) is 0 Å². The van der Waals surface area contributed by atoms with E-state index in [0.717, 1.165) is 12.8 Å². The fraction of sp³-hybridized carbons (Fsp3) is 0.500. The van der Waals surface area contributed by atoms with Crippen LogP contribution in [0, 0.1) is 0 Å². The lowest BCUT2D eigenvalue weighted by Gasteiger charge is -2.21. The molecule has 1 saturated heterocycles. The zero-order valence-electron chi connectivity index (χ0n) is 10.4. The van der Waals surface area contributed by atoms with E-state index < -0.39 is 10.0 Å². The van der Waals surface area contributed by atoms with Gasteiger partial charge in [-0.25, -0.2) is 8.42 Å². The van der Waals surface area contributed by atoms with Crippen LogP contribution >= 0.6 is 15.9 Å². The van der Waals surface area contributed by atoms with Crippen molar-refractivity contribution < 1.29 is 13.2 Å². The fourth-order valence-electron chi connectivity index (χ4n) is 2.21. The molecule has 0 radical (unpaired) electrons. The number of sulfonamides is 1. The number of hydrogen-bond donors (Lipinski definition) is 0. The molecule has 0 bridgehead atoms. The highest BCUT2D eigenvalue weighted by Crippen LogP contribution is 2.31. The predicted molar refractivity (Wildman–Crippen MR) is 73.3 cm³/mol. The summed E-state index contributed by atoms with van der Waals surface area (Å²) in [6, 6.07) is 4.93. The molecule has 0 N–H and O–H groups in total. The van der Waals surface area contributed by atoms with Crippen LogP contribution in [0.15, 0.2) is 27.6 Å². The standard InChI is InChI=1S/C12H16BrNO3S/c1-9-4-3-7-14(9)18(15,16)10-5-6-12(17-2)11(13)8-10/h5-6,8-9H,3-4,7H2,1-2H3. The highest BCUT2D eigenvalue weighted by molar-refractivity contribution is 9.10. The van der Waals surface area contributed by atoms with Crippen LogP contribution in [0.3, 0.4) is 0 Å². The number of methoxy groups -OCH3 is 1. The van der Waals surface area contributed by atoms with Gasteiger partial charge in [0.2, 0.25) is 10.0 Å². The Morgan fingerprint density at radius 3 is 2.67 bits per heavy atom. The molecule has 0 saturated carbocycles. The Balaban J connectivity index is 2.38. The van der Waals surface area contributed by atoms with E-state index in [0.29, 0.717) is 21.7 Å². The van der Waals surface area contributed by atoms with Gasteiger partial charge >= 0.3 is 0 Å². The smallest absolute Gasteiger partial charge is 0.243 e. The summed E-state index contributed by atoms with van der Waals surface area (Å²) in [6.07, 6.45) is 1.86. The molecule has 1 aromatic carbocycles. The van der Waals surface area contributed by atoms with Crippen LogP contribution in [0.25, 0.3) is 0 Å². The number of rotatable bonds is 3. The maximum Gasteiger partial charge on any atom is 0.243 e. The Kier molecular flexibility index (Phi) is 3.99. The molecule has 1 atom stereocenters. The zero-order chi connectivity index (χ0) is 13.3. The second-order valence-electron chi connectivity index (χ2n) is 4.40. The van der Waals surface area contributed by atoms with Gasteiger partial charge in [-0.15, -0.1) is 0 Å². The molecule has 1 aromatic rings. The van der Waals surface area contributed by atoms with E-state index in [2.05, 4.69) is 15.9 Å². The topological polar surface area (TPSA) is 46.6 Å². The minimum absolute atomic E-state index is 0.0795. The van der Waals surface area contributed by atoms with Crippen molar-refractivity contribution in [2.45, 2.75) is 30.7 Å². The minimum Gasteiger partial charge on any atom is -0.496 e. The van der Waals surface area contributed by atoms with E-state index in [1.165, 1.54) is 0 Å². The van der Waals surface area contributed by atoms with Crippen molar-refractivity contribution in [1.82, 2.24) is 4.31 Å². The Morgan fingerprint density at radius 1 is 1.44 bits per heavy atom. The van der Waals surface area contributed by atoms with E-state index in [1.54, 1.807) is 29.6 Å². The lowest BCUT2D eigenvalue weighted by molar-refractivity contribution is 0.406. The Hall–Kier alpha value is -0.590. The van der Waals surface area contributed by atoms with E-state index in [9.17, 15) is 8.42 Å². The summed E-state index contributed by atoms with van der Waals surface area (Å²) in [4.78, 5) is 0.309. The van der Waals surface area contributed by atoms with Crippen molar-refractivity contribution in [2.75, 3.05) is 13.7 Å². The first-order chi connectivity index (χ1) is 8.46. The molecular formula is C12H16BrNO3S. The maximum absolute atomic E-state index is 12.5. The van der Waals surface area contributed by atoms with Crippen molar-refractivity contribution in [2.24, 2.45) is 0 Å². The van der Waals surface area contributed by atoms with Crippen molar-refractivity contribution in [3.8, 4) is 5.75 Å². The van der Waals surface area contributed by atoms with E-state index in [1.807, 2.05) is 6.92 Å². The summed E-state index contributed by atoms with van der Waals surface area (Å²) < 4.78 is 32.2. The highest BCUT2D eigenvalue weighted by atomic mass is 79.9. The lowest BCUT2D eigenvalue weighted by atomic mass is 10.3. The molecule has 1 heterocycles. The normalized spacial score (nSPS) is 21.2. The average Bonchev–Trinajstić information content (AvgIpc) is 2.76. The average molecular weight is 334 g/mol. The molecule has 2 rings (SSSR count). The van der Waals surface area contributed by atoms with Gasteiger partial charge in [0, 0.05) is 12.6 Å². The van der Waals surface area contributed by atoms with Crippen LogP contribution in [0.1, 0.15) is 19.8 Å². The predicted octanol–water partition coefficient (Wildman–Crippen LogP) is 2.63. The molecule has 0 spiro atoms. The summed E-state index contributed by atoms with van der Waals surface area (Å²) in [7, 11) is -1.84. The van der Waals surface area contributed by atoms with Gasteiger partial charge < -0.3 is 4.74 Å². The third-order valence-electron chi connectivity index (χ3n) is 3.22. The molecule has 1 unspecified atom stereocenters. The quantitative estimate of drug-likeness (QED) is 0.854. The molecule has 1 aliphatic heterocycles. The van der Waals surface area contributed by atoms with Crippen LogP contribution in [0.5, 0.6) is 5.75 Å². The summed E-state index contributed by atoms with van der Waals surface area (Å²) in [6.45, 7) is 2.55. The molecule has 18 heavy (non-hydrogen) atoms. The van der Waals surface area contributed by atoms with Gasteiger partial charge in [-0.05, 0) is 53.9 Å². The van der Waals surface area contributed by atoms with Gasteiger partial charge in [0.05, 0.1) is 16.5 Å². The third kappa shape index (κ3) is 2.41. The first kappa shape index (κ1) is 13.8. The fourth-order valence-corrected chi connectivity index (χ4v) is 4.63. The summed E-state index contributed by atoms with van der Waals surface area (Å²) in [5, 5.41) is 0. The monoisotopic (exact) mass is 333 g/mol. The van der Waals surface area contributed by atoms with Gasteiger partial charge in [0.25, 0.3) is 0 Å². The van der Waals surface area contributed by atoms with Crippen molar-refractivity contribution >= 4 is 26.0 Å². The number of benzene rings is 1. The Morgan fingerprint density at radius 2 is 2.17 bits per heavy atom. The molecule has 4 nitrogen and oxygen atoms in total. The summed E-state index contributed by atoms with van der Waals surface area (Å²) in [5.41, 5.74) is 0. The number of halogens is 1. The molecule has 0 aliphatic carbocycles. The van der Waals surface area contributed by atoms with Gasteiger partial charge in [-0.2, -0.15) is 4.31 Å². The second-order valence-corrected chi connectivity index (χ2v) is 7.15. The molecule has 1 fully saturated rings. The summed E-state index contributed by atoms with van der Waals surface area (Å²) in [5.74, 6) is 0.628. The van der Waals surface area contributed by atoms with E-state index in [4.69, 9.17) is 4.74 Å². The van der Waals surface area contributed by atoms with Crippen molar-refractivity contribution in [3.05, 3.63) is 22.7 Å². The molecule has 6 heteroatoms. The number of hydrogen-bond acceptors (Lipinski definition) is 3. The third-order valence-corrected chi connectivity index (χ3v) is 5.85. The SMILES string of the molecule is COc1ccc(S(=O)(=O)N2CCCC2C)cc1Br. The van der Waals surface area contributed by atoms with Gasteiger partial charge in [-0.1, -0.05) is 0 Å². The second kappa shape index (κ2) is 5.19. The molecular weight excluding hydrogens is 318 g/mol. The summed E-state index contributed by atoms with van der Waals surface area (Å²) >= 11 is 3.32. The number of nitrogens with zero attached hydrogens (tertiary/aromatic N) is 1. The molecule has 1 aliphatic rings. The first-order valence-electron chi connectivity index (χ1n) is 5.82. The van der Waals surface area contributed by atoms with E-state index in [-0.39, 0.29) is 6.04 Å². The van der Waals surface area contributed by atoms with Crippen LogP contribution < -0.4 is 4.74 Å². The van der Waals surface area contributed by atoms with Gasteiger partial charge in [0.1, 0.15) is 5.75 Å². The van der Waals surface area contributed by atoms with Crippen LogP contribution in [0.2, 0.25) is 0 Å². The Labute approximate surface area is 116 Å². The van der Waals surface area contributed by atoms with Crippen LogP contribution in [-0.2, 0) is 10.0 Å². The highest BCUT2D eigenvalue weighted by Gasteiger charge is 2.32. The van der Waals surface area contributed by atoms with Crippen LogP contribution in [-0.4, -0.2) is 32.4 Å². The molecule has 100 valence electrons. The largest absolute Gasteiger partial charge is 0.496 e.